The van der Waals surface area contributed by atoms with Gasteiger partial charge >= 0.3 is 0 Å². The zero-order chi connectivity index (χ0) is 22.1. The Balaban J connectivity index is 1.32. The summed E-state index contributed by atoms with van der Waals surface area (Å²) in [6.45, 7) is 4.30. The van der Waals surface area contributed by atoms with Crippen LogP contribution in [-0.2, 0) is 7.05 Å². The summed E-state index contributed by atoms with van der Waals surface area (Å²) in [5.74, 6) is 1.22. The van der Waals surface area contributed by atoms with Crippen molar-refractivity contribution in [2.45, 2.75) is 0 Å². The van der Waals surface area contributed by atoms with Crippen LogP contribution in [0.15, 0.2) is 54.7 Å². The summed E-state index contributed by atoms with van der Waals surface area (Å²) in [7, 11) is 4.11. The van der Waals surface area contributed by atoms with Crippen molar-refractivity contribution in [2.75, 3.05) is 48.8 Å². The number of hydrogen-bond donors (Lipinski definition) is 2. The number of aromatic nitrogens is 4. The number of anilines is 5. The van der Waals surface area contributed by atoms with E-state index in [2.05, 4.69) is 66.7 Å². The lowest BCUT2D eigenvalue weighted by Crippen LogP contribution is -2.44. The SMILES string of the molecule is CN1CCN(c2ccc(Nc3nc4cnc(Nc5ccc(Cl)cc5)nc4n3C)cc2)CC1. The van der Waals surface area contributed by atoms with Crippen molar-refractivity contribution in [3.05, 3.63) is 59.8 Å². The monoisotopic (exact) mass is 448 g/mol. The van der Waals surface area contributed by atoms with Crippen LogP contribution >= 0.6 is 11.6 Å². The maximum Gasteiger partial charge on any atom is 0.229 e. The number of nitrogens with one attached hydrogen (secondary N) is 2. The molecule has 0 spiro atoms. The predicted octanol–water partition coefficient (Wildman–Crippen LogP) is 4.26. The molecule has 2 N–H and O–H groups in total. The third-order valence-corrected chi connectivity index (χ3v) is 5.96. The molecule has 1 aliphatic rings. The molecule has 164 valence electrons. The summed E-state index contributed by atoms with van der Waals surface area (Å²) in [6, 6.07) is 15.9. The lowest BCUT2D eigenvalue weighted by atomic mass is 10.2. The van der Waals surface area contributed by atoms with Gasteiger partial charge in [-0.15, -0.1) is 0 Å². The first-order chi connectivity index (χ1) is 15.5. The van der Waals surface area contributed by atoms with E-state index in [1.165, 1.54) is 5.69 Å². The van der Waals surface area contributed by atoms with Crippen LogP contribution in [0.1, 0.15) is 0 Å². The third-order valence-electron chi connectivity index (χ3n) is 5.70. The smallest absolute Gasteiger partial charge is 0.229 e. The number of halogens is 1. The largest absolute Gasteiger partial charge is 0.369 e. The van der Waals surface area contributed by atoms with Crippen LogP contribution in [0.5, 0.6) is 0 Å². The van der Waals surface area contributed by atoms with E-state index in [1.807, 2.05) is 35.9 Å². The molecular weight excluding hydrogens is 424 g/mol. The molecule has 32 heavy (non-hydrogen) atoms. The number of fused-ring (bicyclic) bond motifs is 1. The van der Waals surface area contributed by atoms with Gasteiger partial charge in [0.2, 0.25) is 11.9 Å². The van der Waals surface area contributed by atoms with Crippen molar-refractivity contribution in [1.82, 2.24) is 24.4 Å². The minimum atomic E-state index is 0.505. The Labute approximate surface area is 191 Å². The zero-order valence-electron chi connectivity index (χ0n) is 18.1. The Bertz CT molecular complexity index is 1210. The molecule has 2 aromatic carbocycles. The van der Waals surface area contributed by atoms with Crippen LogP contribution in [0.2, 0.25) is 5.02 Å². The lowest BCUT2D eigenvalue weighted by molar-refractivity contribution is 0.313. The summed E-state index contributed by atoms with van der Waals surface area (Å²) >= 11 is 5.95. The quantitative estimate of drug-likeness (QED) is 0.472. The summed E-state index contributed by atoms with van der Waals surface area (Å²) in [5, 5.41) is 7.28. The average Bonchev–Trinajstić information content (AvgIpc) is 3.11. The molecule has 1 fully saturated rings. The molecule has 1 saturated heterocycles. The topological polar surface area (TPSA) is 74.1 Å². The van der Waals surface area contributed by atoms with Crippen molar-refractivity contribution in [3.63, 3.8) is 0 Å². The van der Waals surface area contributed by atoms with E-state index in [9.17, 15) is 0 Å². The molecular formula is C23H25ClN8. The molecule has 1 aliphatic heterocycles. The minimum absolute atomic E-state index is 0.505. The Morgan fingerprint density at radius 2 is 1.47 bits per heavy atom. The number of hydrogen-bond acceptors (Lipinski definition) is 7. The predicted molar refractivity (Wildman–Crippen MR) is 130 cm³/mol. The molecule has 0 unspecified atom stereocenters. The minimum Gasteiger partial charge on any atom is -0.369 e. The van der Waals surface area contributed by atoms with Crippen molar-refractivity contribution in [1.29, 1.82) is 0 Å². The van der Waals surface area contributed by atoms with Gasteiger partial charge < -0.3 is 20.4 Å². The van der Waals surface area contributed by atoms with Gasteiger partial charge in [-0.2, -0.15) is 4.98 Å². The van der Waals surface area contributed by atoms with E-state index >= 15 is 0 Å². The van der Waals surface area contributed by atoms with Gasteiger partial charge in [0.25, 0.3) is 0 Å². The first-order valence-electron chi connectivity index (χ1n) is 10.6. The van der Waals surface area contributed by atoms with E-state index in [-0.39, 0.29) is 0 Å². The van der Waals surface area contributed by atoms with Gasteiger partial charge in [0, 0.05) is 55.3 Å². The summed E-state index contributed by atoms with van der Waals surface area (Å²) in [4.78, 5) is 18.5. The zero-order valence-corrected chi connectivity index (χ0v) is 18.8. The lowest BCUT2D eigenvalue weighted by Gasteiger charge is -2.34. The third kappa shape index (κ3) is 4.32. The summed E-state index contributed by atoms with van der Waals surface area (Å²) in [5.41, 5.74) is 4.57. The second kappa shape index (κ2) is 8.64. The van der Waals surface area contributed by atoms with Gasteiger partial charge in [-0.3, -0.25) is 4.57 Å². The van der Waals surface area contributed by atoms with Crippen molar-refractivity contribution in [2.24, 2.45) is 7.05 Å². The molecule has 0 radical (unpaired) electrons. The number of piperazine rings is 1. The normalized spacial score (nSPS) is 14.7. The maximum absolute atomic E-state index is 5.95. The van der Waals surface area contributed by atoms with Gasteiger partial charge in [0.1, 0.15) is 5.52 Å². The van der Waals surface area contributed by atoms with E-state index in [1.54, 1.807) is 6.20 Å². The molecule has 9 heteroatoms. The molecule has 5 rings (SSSR count). The molecule has 8 nitrogen and oxygen atoms in total. The number of rotatable bonds is 5. The molecule has 2 aromatic heterocycles. The number of likely N-dealkylation sites (N-methyl/N-ethyl adjacent to an activating group) is 1. The highest BCUT2D eigenvalue weighted by atomic mass is 35.5. The fourth-order valence-electron chi connectivity index (χ4n) is 3.77. The van der Waals surface area contributed by atoms with E-state index in [0.717, 1.165) is 48.7 Å². The van der Waals surface area contributed by atoms with E-state index < -0.39 is 0 Å². The fourth-order valence-corrected chi connectivity index (χ4v) is 3.89. The highest BCUT2D eigenvalue weighted by Gasteiger charge is 2.15. The molecule has 0 saturated carbocycles. The maximum atomic E-state index is 5.95. The van der Waals surface area contributed by atoms with E-state index in [0.29, 0.717) is 16.9 Å². The van der Waals surface area contributed by atoms with Crippen molar-refractivity contribution in [3.8, 4) is 0 Å². The number of nitrogens with zero attached hydrogens (tertiary/aromatic N) is 6. The molecule has 0 atom stereocenters. The molecule has 0 bridgehead atoms. The Hall–Kier alpha value is -3.36. The highest BCUT2D eigenvalue weighted by molar-refractivity contribution is 6.30. The van der Waals surface area contributed by atoms with Crippen LogP contribution in [-0.4, -0.2) is 57.6 Å². The highest BCUT2D eigenvalue weighted by Crippen LogP contribution is 2.24. The van der Waals surface area contributed by atoms with Gasteiger partial charge in [0.15, 0.2) is 5.65 Å². The standard InChI is InChI=1S/C23H25ClN8/c1-30-11-13-32(14-12-30)19-9-7-18(8-10-19)27-23-28-20-15-25-22(29-21(20)31(23)2)26-17-5-3-16(24)4-6-17/h3-10,15H,11-14H2,1-2H3,(H,27,28)(H,25,26,29). The average molecular weight is 449 g/mol. The van der Waals surface area contributed by atoms with Crippen LogP contribution in [0.25, 0.3) is 11.2 Å². The van der Waals surface area contributed by atoms with Crippen molar-refractivity contribution < 1.29 is 0 Å². The Morgan fingerprint density at radius 1 is 0.812 bits per heavy atom. The molecule has 4 aromatic rings. The molecule has 3 heterocycles. The summed E-state index contributed by atoms with van der Waals surface area (Å²) < 4.78 is 1.93. The van der Waals surface area contributed by atoms with Gasteiger partial charge in [-0.05, 0) is 55.6 Å². The van der Waals surface area contributed by atoms with Crippen LogP contribution in [0.3, 0.4) is 0 Å². The number of aryl methyl sites for hydroxylation is 1. The van der Waals surface area contributed by atoms with Crippen molar-refractivity contribution >= 4 is 51.7 Å². The summed E-state index contributed by atoms with van der Waals surface area (Å²) in [6.07, 6.45) is 1.72. The number of imidazole rings is 1. The van der Waals surface area contributed by atoms with Crippen LogP contribution in [0, 0.1) is 0 Å². The van der Waals surface area contributed by atoms with Gasteiger partial charge in [0.05, 0.1) is 6.20 Å². The molecule has 0 aliphatic carbocycles. The van der Waals surface area contributed by atoms with Crippen LogP contribution in [0.4, 0.5) is 29.0 Å². The Morgan fingerprint density at radius 3 is 2.19 bits per heavy atom. The number of benzene rings is 2. The molecule has 0 amide bonds. The van der Waals surface area contributed by atoms with Gasteiger partial charge in [-0.25, -0.2) is 9.97 Å². The second-order valence-electron chi connectivity index (χ2n) is 7.99. The first-order valence-corrected chi connectivity index (χ1v) is 11.0. The van der Waals surface area contributed by atoms with Crippen LogP contribution < -0.4 is 15.5 Å². The van der Waals surface area contributed by atoms with E-state index in [4.69, 9.17) is 11.6 Å². The van der Waals surface area contributed by atoms with Gasteiger partial charge in [-0.1, -0.05) is 11.6 Å². The Kier molecular flexibility index (Phi) is 5.55. The second-order valence-corrected chi connectivity index (χ2v) is 8.43. The first kappa shape index (κ1) is 20.5. The fraction of sp³-hybridized carbons (Fsp3) is 0.261.